The quantitative estimate of drug-likeness (QED) is 0.617. The highest BCUT2D eigenvalue weighted by molar-refractivity contribution is 7.92. The van der Waals surface area contributed by atoms with Crippen molar-refractivity contribution in [3.8, 4) is 0 Å². The van der Waals surface area contributed by atoms with Gasteiger partial charge in [0.25, 0.3) is 21.8 Å². The fourth-order valence-corrected chi connectivity index (χ4v) is 4.30. The number of anilines is 1. The average molecular weight is 421 g/mol. The van der Waals surface area contributed by atoms with Gasteiger partial charge in [-0.2, -0.15) is 0 Å². The van der Waals surface area contributed by atoms with Gasteiger partial charge in [-0.3, -0.25) is 24.2 Å². The molecule has 0 atom stereocenters. The van der Waals surface area contributed by atoms with E-state index in [9.17, 15) is 18.0 Å². The summed E-state index contributed by atoms with van der Waals surface area (Å²) in [6.07, 6.45) is 2.34. The van der Waals surface area contributed by atoms with Gasteiger partial charge in [0.05, 0.1) is 17.0 Å². The number of hydrogen-bond acceptors (Lipinski definition) is 5. The lowest BCUT2D eigenvalue weighted by molar-refractivity contribution is 0.0640. The number of aryl methyl sites for hydroxylation is 1. The summed E-state index contributed by atoms with van der Waals surface area (Å²) in [5.74, 6) is -0.860. The Bertz CT molecular complexity index is 1180. The lowest BCUT2D eigenvalue weighted by Gasteiger charge is -2.14. The molecule has 0 bridgehead atoms. The number of sulfonamides is 1. The van der Waals surface area contributed by atoms with E-state index in [4.69, 9.17) is 0 Å². The first kappa shape index (κ1) is 19.8. The van der Waals surface area contributed by atoms with Gasteiger partial charge in [0, 0.05) is 11.9 Å². The number of carbonyl (C=O) groups excluding carboxylic acids is 2. The number of nitrogens with one attached hydrogen (secondary N) is 1. The number of aromatic nitrogens is 1. The number of pyridine rings is 1. The number of hydrogen-bond donors (Lipinski definition) is 1. The van der Waals surface area contributed by atoms with Crippen molar-refractivity contribution in [3.63, 3.8) is 0 Å². The zero-order valence-corrected chi connectivity index (χ0v) is 17.0. The smallest absolute Gasteiger partial charge is 0.280 e. The Balaban J connectivity index is 1.49. The first-order valence-corrected chi connectivity index (χ1v) is 10.9. The van der Waals surface area contributed by atoms with Crippen molar-refractivity contribution in [2.45, 2.75) is 24.8 Å². The third-order valence-corrected chi connectivity index (χ3v) is 6.32. The fraction of sp³-hybridized carbons (Fsp3) is 0.136. The topological polar surface area (TPSA) is 96.4 Å². The van der Waals surface area contributed by atoms with E-state index < -0.39 is 21.8 Å². The molecule has 7 nitrogen and oxygen atoms in total. The van der Waals surface area contributed by atoms with Gasteiger partial charge in [-0.25, -0.2) is 8.42 Å². The van der Waals surface area contributed by atoms with Crippen LogP contribution in [0.1, 0.15) is 38.9 Å². The monoisotopic (exact) mass is 421 g/mol. The van der Waals surface area contributed by atoms with Crippen LogP contribution in [0.15, 0.2) is 71.8 Å². The Kier molecular flexibility index (Phi) is 5.09. The predicted molar refractivity (Wildman–Crippen MR) is 112 cm³/mol. The lowest BCUT2D eigenvalue weighted by atomic mass is 10.2. The van der Waals surface area contributed by atoms with Crippen molar-refractivity contribution in [2.75, 3.05) is 4.72 Å². The maximum absolute atomic E-state index is 12.6. The minimum absolute atomic E-state index is 0.0419. The number of fused-ring (bicyclic) bond motifs is 1. The highest BCUT2D eigenvalue weighted by Crippen LogP contribution is 2.23. The van der Waals surface area contributed by atoms with Gasteiger partial charge in [-0.05, 0) is 53.9 Å². The standard InChI is InChI=1S/C22H19N3O4S/c1-2-15-5-9-17(10-6-15)24-30(28,29)18-11-7-16(8-12-18)14-25-21(26)19-4-3-13-23-20(19)22(25)27/h3-13,24H,2,14H2,1H3. The molecule has 1 N–H and O–H groups in total. The molecule has 152 valence electrons. The van der Waals surface area contributed by atoms with Gasteiger partial charge in [-0.15, -0.1) is 0 Å². The van der Waals surface area contributed by atoms with Crippen molar-refractivity contribution in [3.05, 3.63) is 89.2 Å². The lowest BCUT2D eigenvalue weighted by Crippen LogP contribution is -2.29. The van der Waals surface area contributed by atoms with Gasteiger partial charge in [0.15, 0.2) is 0 Å². The average Bonchev–Trinajstić information content (AvgIpc) is 2.99. The molecule has 1 aromatic heterocycles. The highest BCUT2D eigenvalue weighted by Gasteiger charge is 2.36. The molecule has 1 aliphatic heterocycles. The molecule has 2 aromatic carbocycles. The van der Waals surface area contributed by atoms with E-state index in [-0.39, 0.29) is 22.7 Å². The van der Waals surface area contributed by atoms with Crippen molar-refractivity contribution in [1.29, 1.82) is 0 Å². The van der Waals surface area contributed by atoms with Gasteiger partial charge in [0.2, 0.25) is 0 Å². The Morgan fingerprint density at radius 1 is 0.900 bits per heavy atom. The zero-order valence-electron chi connectivity index (χ0n) is 16.2. The molecular formula is C22H19N3O4S. The van der Waals surface area contributed by atoms with Crippen LogP contribution in [0.5, 0.6) is 0 Å². The third kappa shape index (κ3) is 3.69. The molecule has 8 heteroatoms. The van der Waals surface area contributed by atoms with Crippen molar-refractivity contribution in [2.24, 2.45) is 0 Å². The second kappa shape index (κ2) is 7.72. The summed E-state index contributed by atoms with van der Waals surface area (Å²) in [5.41, 5.74) is 2.65. The van der Waals surface area contributed by atoms with E-state index in [0.29, 0.717) is 11.3 Å². The van der Waals surface area contributed by atoms with Crippen LogP contribution in [0, 0.1) is 0 Å². The molecule has 0 saturated heterocycles. The molecule has 3 aromatic rings. The fourth-order valence-electron chi connectivity index (χ4n) is 3.24. The maximum Gasteiger partial charge on any atom is 0.280 e. The molecule has 30 heavy (non-hydrogen) atoms. The second-order valence-corrected chi connectivity index (χ2v) is 8.58. The van der Waals surface area contributed by atoms with E-state index >= 15 is 0 Å². The number of amides is 2. The highest BCUT2D eigenvalue weighted by atomic mass is 32.2. The molecule has 0 radical (unpaired) electrons. The molecular weight excluding hydrogens is 402 g/mol. The summed E-state index contributed by atoms with van der Waals surface area (Å²) >= 11 is 0. The van der Waals surface area contributed by atoms with Crippen LogP contribution in [0.25, 0.3) is 0 Å². The molecule has 0 unspecified atom stereocenters. The van der Waals surface area contributed by atoms with Crippen LogP contribution < -0.4 is 4.72 Å². The van der Waals surface area contributed by atoms with Crippen LogP contribution >= 0.6 is 0 Å². The Hall–Kier alpha value is -3.52. The summed E-state index contributed by atoms with van der Waals surface area (Å²) < 4.78 is 27.8. The van der Waals surface area contributed by atoms with Crippen LogP contribution in [0.3, 0.4) is 0 Å². The normalized spacial score (nSPS) is 13.4. The number of rotatable bonds is 6. The summed E-state index contributed by atoms with van der Waals surface area (Å²) in [7, 11) is -3.75. The molecule has 0 fully saturated rings. The van der Waals surface area contributed by atoms with Crippen LogP contribution in [0.2, 0.25) is 0 Å². The molecule has 0 spiro atoms. The van der Waals surface area contributed by atoms with Crippen molar-refractivity contribution < 1.29 is 18.0 Å². The number of benzene rings is 2. The number of nitrogens with zero attached hydrogens (tertiary/aromatic N) is 2. The molecule has 2 amide bonds. The number of imide groups is 1. The first-order chi connectivity index (χ1) is 14.4. The third-order valence-electron chi connectivity index (χ3n) is 4.92. The number of carbonyl (C=O) groups is 2. The molecule has 2 heterocycles. The largest absolute Gasteiger partial charge is 0.280 e. The Labute approximate surface area is 174 Å². The van der Waals surface area contributed by atoms with Gasteiger partial charge >= 0.3 is 0 Å². The van der Waals surface area contributed by atoms with Crippen LogP contribution in [-0.4, -0.2) is 30.1 Å². The molecule has 4 rings (SSSR count). The summed E-state index contributed by atoms with van der Waals surface area (Å²) in [6, 6.07) is 16.4. The zero-order chi connectivity index (χ0) is 21.3. The summed E-state index contributed by atoms with van der Waals surface area (Å²) in [6.45, 7) is 2.07. The van der Waals surface area contributed by atoms with E-state index in [1.165, 1.54) is 18.3 Å². The van der Waals surface area contributed by atoms with E-state index in [2.05, 4.69) is 9.71 Å². The Morgan fingerprint density at radius 3 is 2.20 bits per heavy atom. The van der Waals surface area contributed by atoms with E-state index in [1.807, 2.05) is 19.1 Å². The van der Waals surface area contributed by atoms with Crippen molar-refractivity contribution in [1.82, 2.24) is 9.88 Å². The maximum atomic E-state index is 12.6. The van der Waals surface area contributed by atoms with E-state index in [0.717, 1.165) is 16.9 Å². The molecule has 0 saturated carbocycles. The van der Waals surface area contributed by atoms with E-state index in [1.54, 1.807) is 36.4 Å². The summed E-state index contributed by atoms with van der Waals surface area (Å²) in [5, 5.41) is 0. The minimum atomic E-state index is -3.75. The molecule has 1 aliphatic rings. The predicted octanol–water partition coefficient (Wildman–Crippen LogP) is 3.24. The van der Waals surface area contributed by atoms with Gasteiger partial charge in [-0.1, -0.05) is 31.2 Å². The van der Waals surface area contributed by atoms with Crippen LogP contribution in [-0.2, 0) is 23.0 Å². The Morgan fingerprint density at radius 2 is 1.57 bits per heavy atom. The first-order valence-electron chi connectivity index (χ1n) is 9.41. The minimum Gasteiger partial charge on any atom is -0.280 e. The second-order valence-electron chi connectivity index (χ2n) is 6.90. The van der Waals surface area contributed by atoms with Crippen LogP contribution in [0.4, 0.5) is 5.69 Å². The molecule has 0 aliphatic carbocycles. The van der Waals surface area contributed by atoms with Crippen molar-refractivity contribution >= 4 is 27.5 Å². The van der Waals surface area contributed by atoms with Gasteiger partial charge < -0.3 is 0 Å². The SMILES string of the molecule is CCc1ccc(NS(=O)(=O)c2ccc(CN3C(=O)c4cccnc4C3=O)cc2)cc1. The van der Waals surface area contributed by atoms with Gasteiger partial charge in [0.1, 0.15) is 5.69 Å². The summed E-state index contributed by atoms with van der Waals surface area (Å²) in [4.78, 5) is 30.0.